The molecule has 1 unspecified atom stereocenters. The minimum Gasteiger partial charge on any atom is -0.482 e. The molecule has 9 heteroatoms. The summed E-state index contributed by atoms with van der Waals surface area (Å²) < 4.78 is 17.8. The van der Waals surface area contributed by atoms with E-state index in [0.29, 0.717) is 17.9 Å². The Hall–Kier alpha value is -2.78. The number of likely N-dealkylation sites (tertiary alicyclic amines) is 2. The third-order valence-electron chi connectivity index (χ3n) is 9.00. The predicted molar refractivity (Wildman–Crippen MR) is 154 cm³/mol. The number of allylic oxidation sites excluding steroid dienone is 2. The Morgan fingerprint density at radius 2 is 1.82 bits per heavy atom. The molecule has 2 N–H and O–H groups in total. The van der Waals surface area contributed by atoms with Gasteiger partial charge in [-0.15, -0.1) is 0 Å². The van der Waals surface area contributed by atoms with Gasteiger partial charge in [0.2, 0.25) is 0 Å². The molecule has 0 radical (unpaired) electrons. The molecule has 0 aromatic carbocycles. The van der Waals surface area contributed by atoms with Gasteiger partial charge in [-0.3, -0.25) is 9.88 Å². The summed E-state index contributed by atoms with van der Waals surface area (Å²) in [6.07, 6.45) is 8.31. The van der Waals surface area contributed by atoms with E-state index in [-0.39, 0.29) is 18.4 Å². The molecule has 0 spiro atoms. The highest BCUT2D eigenvalue weighted by atomic mass is 16.6. The number of hydrogen-bond donors (Lipinski definition) is 2. The van der Waals surface area contributed by atoms with Crippen molar-refractivity contribution in [3.63, 3.8) is 0 Å². The minimum absolute atomic E-state index is 0.00197. The van der Waals surface area contributed by atoms with Gasteiger partial charge in [-0.25, -0.2) is 4.79 Å². The average molecular weight is 552 g/mol. The van der Waals surface area contributed by atoms with Crippen molar-refractivity contribution in [3.05, 3.63) is 40.9 Å². The van der Waals surface area contributed by atoms with E-state index in [1.54, 1.807) is 0 Å². The third kappa shape index (κ3) is 5.55. The van der Waals surface area contributed by atoms with Gasteiger partial charge in [0.1, 0.15) is 17.9 Å². The highest BCUT2D eigenvalue weighted by molar-refractivity contribution is 5.69. The molecule has 3 saturated heterocycles. The van der Waals surface area contributed by atoms with Crippen LogP contribution in [0.15, 0.2) is 29.5 Å². The van der Waals surface area contributed by atoms with Gasteiger partial charge in [0.15, 0.2) is 5.75 Å². The van der Waals surface area contributed by atoms with Crippen LogP contribution in [-0.4, -0.2) is 84.2 Å². The van der Waals surface area contributed by atoms with Gasteiger partial charge >= 0.3 is 6.09 Å². The molecule has 6 rings (SSSR count). The van der Waals surface area contributed by atoms with Crippen molar-refractivity contribution in [2.75, 3.05) is 44.7 Å². The summed E-state index contributed by atoms with van der Waals surface area (Å²) in [5.74, 6) is 1.78. The van der Waals surface area contributed by atoms with Crippen LogP contribution in [-0.2, 0) is 9.47 Å². The monoisotopic (exact) mass is 551 g/mol. The molecule has 0 saturated carbocycles. The van der Waals surface area contributed by atoms with E-state index < -0.39 is 5.60 Å². The van der Waals surface area contributed by atoms with Crippen LogP contribution in [0.1, 0.15) is 70.7 Å². The number of ether oxygens (including phenoxy) is 3. The van der Waals surface area contributed by atoms with Gasteiger partial charge in [-0.05, 0) is 103 Å². The number of aryl methyl sites for hydroxylation is 1. The Morgan fingerprint density at radius 3 is 2.52 bits per heavy atom. The highest BCUT2D eigenvalue weighted by Gasteiger charge is 2.39. The van der Waals surface area contributed by atoms with Crippen LogP contribution < -0.4 is 15.4 Å². The number of aromatic nitrogens is 1. The van der Waals surface area contributed by atoms with Crippen molar-refractivity contribution in [1.82, 2.24) is 20.1 Å². The summed E-state index contributed by atoms with van der Waals surface area (Å²) >= 11 is 0. The first kappa shape index (κ1) is 27.4. The normalized spacial score (nSPS) is 26.6. The molecule has 1 aromatic rings. The van der Waals surface area contributed by atoms with Crippen LogP contribution in [0.4, 0.5) is 10.5 Å². The molecule has 3 fully saturated rings. The fourth-order valence-electron chi connectivity index (χ4n) is 6.82. The maximum absolute atomic E-state index is 12.3. The van der Waals surface area contributed by atoms with E-state index in [9.17, 15) is 4.79 Å². The van der Waals surface area contributed by atoms with Gasteiger partial charge in [0.05, 0.1) is 11.4 Å². The lowest BCUT2D eigenvalue weighted by Crippen LogP contribution is -2.62. The zero-order valence-corrected chi connectivity index (χ0v) is 24.7. The zero-order chi connectivity index (χ0) is 28.0. The van der Waals surface area contributed by atoms with Crippen molar-refractivity contribution in [2.24, 2.45) is 5.92 Å². The molecule has 6 heterocycles. The minimum atomic E-state index is -0.452. The van der Waals surface area contributed by atoms with Gasteiger partial charge in [0, 0.05) is 49.5 Å². The Bertz CT molecular complexity index is 1170. The number of dihydropyridines is 1. The number of rotatable bonds is 3. The van der Waals surface area contributed by atoms with Crippen molar-refractivity contribution in [1.29, 1.82) is 0 Å². The van der Waals surface area contributed by atoms with Crippen molar-refractivity contribution in [3.8, 4) is 5.75 Å². The number of anilines is 1. The van der Waals surface area contributed by atoms with Crippen LogP contribution in [0, 0.1) is 12.8 Å². The number of hydrogen-bond acceptors (Lipinski definition) is 8. The van der Waals surface area contributed by atoms with Crippen LogP contribution in [0.3, 0.4) is 0 Å². The smallest absolute Gasteiger partial charge is 0.410 e. The summed E-state index contributed by atoms with van der Waals surface area (Å²) in [6, 6.07) is 2.65. The number of nitrogens with one attached hydrogen (secondary N) is 2. The van der Waals surface area contributed by atoms with Crippen LogP contribution in [0.5, 0.6) is 5.75 Å². The van der Waals surface area contributed by atoms with Gasteiger partial charge in [0.25, 0.3) is 0 Å². The van der Waals surface area contributed by atoms with Gasteiger partial charge in [-0.2, -0.15) is 0 Å². The average Bonchev–Trinajstić information content (AvgIpc) is 3.04. The maximum Gasteiger partial charge on any atom is 0.410 e. The molecule has 218 valence electrons. The fourth-order valence-corrected chi connectivity index (χ4v) is 6.82. The number of carbonyl (C=O) groups excluding carboxylic acids is 1. The van der Waals surface area contributed by atoms with Crippen molar-refractivity contribution < 1.29 is 19.0 Å². The largest absolute Gasteiger partial charge is 0.482 e. The van der Waals surface area contributed by atoms with Crippen LogP contribution in [0.25, 0.3) is 0 Å². The standard InChI is InChI=1S/C31H45N5O4/c1-19-28-26(34-29-27(20(2)39-28)24(6-11-32-29)21-9-14-38-15-10-21)16-25(33-19)22-7-12-35(13-8-22)23-17-36(18-23)30(37)40-31(3,4)5/h6,11,16,20-23,29,32,34H,7-10,12-15,17-18H2,1-5H3/t20-,29?/m1/s1. The molecular formula is C31H45N5O4. The lowest BCUT2D eigenvalue weighted by Gasteiger charge is -2.47. The van der Waals surface area contributed by atoms with E-state index in [1.165, 1.54) is 11.1 Å². The molecule has 40 heavy (non-hydrogen) atoms. The van der Waals surface area contributed by atoms with Gasteiger partial charge < -0.3 is 29.7 Å². The molecular weight excluding hydrogens is 506 g/mol. The van der Waals surface area contributed by atoms with Crippen LogP contribution in [0.2, 0.25) is 0 Å². The lowest BCUT2D eigenvalue weighted by atomic mass is 9.84. The SMILES string of the molecule is Cc1nc(C2CCN(C3CN(C(=O)OC(C)(C)C)C3)CC2)cc2c1O[C@H](C)C1=C(C3CCOCC3)C=CNC1N2. The molecule has 0 aliphatic carbocycles. The molecule has 0 bridgehead atoms. The van der Waals surface area contributed by atoms with E-state index in [4.69, 9.17) is 19.2 Å². The molecule has 2 atom stereocenters. The predicted octanol–water partition coefficient (Wildman–Crippen LogP) is 4.55. The first-order valence-corrected chi connectivity index (χ1v) is 15.1. The second kappa shape index (κ2) is 10.9. The third-order valence-corrected chi connectivity index (χ3v) is 9.00. The molecule has 9 nitrogen and oxygen atoms in total. The fraction of sp³-hybridized carbons (Fsp3) is 0.677. The van der Waals surface area contributed by atoms with E-state index >= 15 is 0 Å². The Balaban J connectivity index is 1.11. The second-order valence-electron chi connectivity index (χ2n) is 13.0. The summed E-state index contributed by atoms with van der Waals surface area (Å²) in [6.45, 7) is 15.2. The summed E-state index contributed by atoms with van der Waals surface area (Å²) in [4.78, 5) is 21.7. The summed E-state index contributed by atoms with van der Waals surface area (Å²) in [7, 11) is 0. The molecule has 1 aromatic heterocycles. The van der Waals surface area contributed by atoms with E-state index in [0.717, 1.165) is 87.9 Å². The molecule has 5 aliphatic heterocycles. The van der Waals surface area contributed by atoms with Gasteiger partial charge in [-0.1, -0.05) is 0 Å². The molecule has 1 amide bonds. The van der Waals surface area contributed by atoms with Crippen LogP contribution >= 0.6 is 0 Å². The Morgan fingerprint density at radius 1 is 1.10 bits per heavy atom. The van der Waals surface area contributed by atoms with Crippen molar-refractivity contribution >= 4 is 11.8 Å². The summed E-state index contributed by atoms with van der Waals surface area (Å²) in [5.41, 5.74) is 5.35. The second-order valence-corrected chi connectivity index (χ2v) is 13.0. The topological polar surface area (TPSA) is 88.2 Å². The Labute approximate surface area is 238 Å². The van der Waals surface area contributed by atoms with E-state index in [2.05, 4.69) is 47.7 Å². The zero-order valence-electron chi connectivity index (χ0n) is 24.7. The Kier molecular flexibility index (Phi) is 7.46. The van der Waals surface area contributed by atoms with E-state index in [1.807, 2.05) is 25.7 Å². The first-order chi connectivity index (χ1) is 19.2. The lowest BCUT2D eigenvalue weighted by molar-refractivity contribution is -0.0197. The maximum atomic E-state index is 12.3. The number of nitrogens with zero attached hydrogens (tertiary/aromatic N) is 3. The highest BCUT2D eigenvalue weighted by Crippen LogP contribution is 2.41. The number of piperidine rings is 1. The number of fused-ring (bicyclic) bond motifs is 2. The first-order valence-electron chi connectivity index (χ1n) is 15.1. The summed E-state index contributed by atoms with van der Waals surface area (Å²) in [5, 5.41) is 7.33. The number of carbonyl (C=O) groups is 1. The molecule has 5 aliphatic rings. The number of amides is 1. The number of pyridine rings is 1. The quantitative estimate of drug-likeness (QED) is 0.566. The van der Waals surface area contributed by atoms with Crippen molar-refractivity contribution in [2.45, 2.75) is 90.1 Å².